The molecular formula is C45H64N6O10. The van der Waals surface area contributed by atoms with E-state index in [0.29, 0.717) is 34.5 Å². The molecule has 0 saturated carbocycles. The number of fused-ring (bicyclic) bond motifs is 3. The number of hydrogen-bond acceptors (Lipinski definition) is 13. The summed E-state index contributed by atoms with van der Waals surface area (Å²) in [5.74, 6) is 0.281. The van der Waals surface area contributed by atoms with Crippen LogP contribution in [0.5, 0.6) is 0 Å². The van der Waals surface area contributed by atoms with Crippen molar-refractivity contribution in [3.05, 3.63) is 53.9 Å². The number of aromatic nitrogens is 3. The van der Waals surface area contributed by atoms with Gasteiger partial charge in [0.1, 0.15) is 46.0 Å². The molecule has 1 N–H and O–H groups in total. The van der Waals surface area contributed by atoms with Gasteiger partial charge in [-0.05, 0) is 140 Å². The summed E-state index contributed by atoms with van der Waals surface area (Å²) in [5, 5.41) is 3.41. The van der Waals surface area contributed by atoms with Crippen molar-refractivity contribution in [1.82, 2.24) is 19.9 Å². The Morgan fingerprint density at radius 2 is 1.28 bits per heavy atom. The predicted molar refractivity (Wildman–Crippen MR) is 234 cm³/mol. The van der Waals surface area contributed by atoms with Crippen LogP contribution in [0.3, 0.4) is 0 Å². The quantitative estimate of drug-likeness (QED) is 0.112. The van der Waals surface area contributed by atoms with E-state index in [2.05, 4.69) is 5.32 Å². The zero-order valence-corrected chi connectivity index (χ0v) is 38.7. The number of anilines is 3. The predicted octanol–water partition coefficient (Wildman–Crippen LogP) is 10.3. The molecule has 0 aliphatic rings. The third kappa shape index (κ3) is 13.7. The molecule has 2 heterocycles. The molecule has 0 spiro atoms. The van der Waals surface area contributed by atoms with Crippen LogP contribution in [0.1, 0.15) is 115 Å². The summed E-state index contributed by atoms with van der Waals surface area (Å²) < 4.78 is 36.0. The van der Waals surface area contributed by atoms with Crippen LogP contribution >= 0.6 is 0 Å². The van der Waals surface area contributed by atoms with Gasteiger partial charge in [-0.25, -0.2) is 29.1 Å². The molecule has 0 radical (unpaired) electrons. The van der Waals surface area contributed by atoms with Gasteiger partial charge >= 0.3 is 24.4 Å². The lowest BCUT2D eigenvalue weighted by atomic mass is 10.1. The van der Waals surface area contributed by atoms with Gasteiger partial charge in [-0.2, -0.15) is 4.90 Å². The van der Waals surface area contributed by atoms with Crippen molar-refractivity contribution in [2.45, 2.75) is 152 Å². The molecule has 2 aromatic carbocycles. The van der Waals surface area contributed by atoms with Crippen molar-refractivity contribution in [3.63, 3.8) is 0 Å². The first kappa shape index (κ1) is 48.0. The van der Waals surface area contributed by atoms with Gasteiger partial charge in [-0.15, -0.1) is 0 Å². The van der Waals surface area contributed by atoms with Crippen molar-refractivity contribution in [3.8, 4) is 0 Å². The first-order valence-electron chi connectivity index (χ1n) is 20.3. The molecule has 0 saturated heterocycles. The fourth-order valence-corrected chi connectivity index (χ4v) is 6.03. The maximum absolute atomic E-state index is 14.1. The van der Waals surface area contributed by atoms with E-state index >= 15 is 0 Å². The molecule has 16 heteroatoms. The highest BCUT2D eigenvalue weighted by Crippen LogP contribution is 2.37. The number of hydrogen-bond donors (Lipinski definition) is 1. The highest BCUT2D eigenvalue weighted by atomic mass is 16.7. The van der Waals surface area contributed by atoms with Crippen LogP contribution in [-0.4, -0.2) is 80.6 Å². The molecule has 0 unspecified atom stereocenters. The lowest BCUT2D eigenvalue weighted by Gasteiger charge is -2.29. The molecule has 0 atom stereocenters. The number of carbonyl (C=O) groups excluding carboxylic acids is 4. The third-order valence-corrected chi connectivity index (χ3v) is 8.33. The van der Waals surface area contributed by atoms with E-state index in [1.54, 1.807) is 96.9 Å². The minimum absolute atomic E-state index is 0.0352. The molecule has 0 aliphatic heterocycles. The van der Waals surface area contributed by atoms with E-state index in [0.717, 1.165) is 16.2 Å². The van der Waals surface area contributed by atoms with Crippen molar-refractivity contribution in [1.29, 1.82) is 0 Å². The highest BCUT2D eigenvalue weighted by molar-refractivity contribution is 6.17. The van der Waals surface area contributed by atoms with Crippen molar-refractivity contribution in [2.24, 2.45) is 0 Å². The van der Waals surface area contributed by atoms with Gasteiger partial charge in [0.2, 0.25) is 0 Å². The summed E-state index contributed by atoms with van der Waals surface area (Å²) in [4.78, 5) is 66.3. The first-order chi connectivity index (χ1) is 28.0. The maximum Gasteiger partial charge on any atom is 0.509 e. The van der Waals surface area contributed by atoms with E-state index in [4.69, 9.17) is 38.4 Å². The van der Waals surface area contributed by atoms with Crippen molar-refractivity contribution < 1.29 is 47.6 Å². The zero-order valence-electron chi connectivity index (χ0n) is 38.7. The molecule has 2 aromatic heterocycles. The topological polar surface area (TPSA) is 173 Å². The third-order valence-electron chi connectivity index (χ3n) is 8.33. The summed E-state index contributed by atoms with van der Waals surface area (Å²) in [6, 6.07) is 13.3. The summed E-state index contributed by atoms with van der Waals surface area (Å²) in [5.41, 5.74) is -1.18. The Morgan fingerprint density at radius 3 is 1.84 bits per heavy atom. The van der Waals surface area contributed by atoms with Crippen LogP contribution in [0, 0.1) is 0 Å². The van der Waals surface area contributed by atoms with Crippen LogP contribution in [0.25, 0.3) is 21.9 Å². The molecule has 16 nitrogen and oxygen atoms in total. The number of nitrogens with zero attached hydrogens (tertiary/aromatic N) is 5. The van der Waals surface area contributed by atoms with Crippen LogP contribution < -0.4 is 15.1 Å². The number of ether oxygens (including phenoxy) is 6. The Labute approximate surface area is 359 Å². The molecule has 0 bridgehead atoms. The molecule has 3 amide bonds. The van der Waals surface area contributed by atoms with Crippen LogP contribution in [0.15, 0.2) is 42.5 Å². The SMILES string of the molecule is CCOCc1nc2c(N(C(=O)OC(C)(C)C)C(=O)OC(C)(C)C)nc3cc(N(C)c4cccc(CNC(=O)OC(C)(C)C)c4)ccc3c2n1CC(C)(C)OC(=O)OC(C)(C)C. The van der Waals surface area contributed by atoms with Crippen LogP contribution in [0.2, 0.25) is 0 Å². The van der Waals surface area contributed by atoms with Gasteiger partial charge in [-0.3, -0.25) is 0 Å². The summed E-state index contributed by atoms with van der Waals surface area (Å²) >= 11 is 0. The maximum atomic E-state index is 14.1. The molecular weight excluding hydrogens is 785 g/mol. The largest absolute Gasteiger partial charge is 0.509 e. The number of benzene rings is 2. The van der Waals surface area contributed by atoms with Crippen LogP contribution in [0.4, 0.5) is 36.4 Å². The lowest BCUT2D eigenvalue weighted by Crippen LogP contribution is -2.44. The lowest BCUT2D eigenvalue weighted by molar-refractivity contribution is -0.0584. The van der Waals surface area contributed by atoms with Crippen molar-refractivity contribution in [2.75, 3.05) is 23.5 Å². The Bertz CT molecular complexity index is 2210. The van der Waals surface area contributed by atoms with Crippen LogP contribution in [-0.2, 0) is 48.1 Å². The monoisotopic (exact) mass is 848 g/mol. The van der Waals surface area contributed by atoms with Gasteiger partial charge in [0.25, 0.3) is 0 Å². The number of amides is 3. The summed E-state index contributed by atoms with van der Waals surface area (Å²) in [6.45, 7) is 26.8. The Balaban J connectivity index is 1.98. The molecule has 61 heavy (non-hydrogen) atoms. The Hall–Kier alpha value is -5.64. The second-order valence-corrected chi connectivity index (χ2v) is 19.3. The van der Waals surface area contributed by atoms with E-state index < -0.39 is 52.4 Å². The molecule has 4 rings (SSSR count). The number of imidazole rings is 1. The van der Waals surface area contributed by atoms with E-state index in [1.165, 1.54) is 0 Å². The van der Waals surface area contributed by atoms with Gasteiger partial charge in [0.15, 0.2) is 5.82 Å². The van der Waals surface area contributed by atoms with E-state index in [-0.39, 0.29) is 31.0 Å². The number of carbonyl (C=O) groups is 4. The second-order valence-electron chi connectivity index (χ2n) is 19.3. The Kier molecular flexibility index (Phi) is 14.3. The number of alkyl carbamates (subject to hydrolysis) is 1. The highest BCUT2D eigenvalue weighted by Gasteiger charge is 2.38. The van der Waals surface area contributed by atoms with E-state index in [1.807, 2.05) is 65.9 Å². The minimum atomic E-state index is -1.16. The fraction of sp³-hybridized carbons (Fsp3) is 0.556. The fourth-order valence-electron chi connectivity index (χ4n) is 6.03. The first-order valence-corrected chi connectivity index (χ1v) is 20.3. The summed E-state index contributed by atoms with van der Waals surface area (Å²) in [7, 11) is 1.88. The Morgan fingerprint density at radius 1 is 0.705 bits per heavy atom. The van der Waals surface area contributed by atoms with E-state index in [9.17, 15) is 19.2 Å². The molecule has 0 fully saturated rings. The summed E-state index contributed by atoms with van der Waals surface area (Å²) in [6.07, 6.45) is -3.41. The second kappa shape index (κ2) is 18.1. The number of imide groups is 1. The number of rotatable bonds is 11. The minimum Gasteiger partial charge on any atom is -0.444 e. The molecule has 0 aliphatic carbocycles. The average Bonchev–Trinajstić information content (AvgIpc) is 3.43. The molecule has 334 valence electrons. The van der Waals surface area contributed by atoms with Gasteiger partial charge in [0, 0.05) is 37.0 Å². The smallest absolute Gasteiger partial charge is 0.444 e. The number of pyridine rings is 1. The van der Waals surface area contributed by atoms with Gasteiger partial charge < -0.3 is 43.2 Å². The molecule has 4 aromatic rings. The number of nitrogens with one attached hydrogen (secondary N) is 1. The van der Waals surface area contributed by atoms with Gasteiger partial charge in [-0.1, -0.05) is 12.1 Å². The van der Waals surface area contributed by atoms with Crippen molar-refractivity contribution >= 4 is 63.6 Å². The standard InChI is InChI=1S/C45H64N6O10/c1-17-56-26-33-48-34-35(50(33)27-45(14,15)61-40(55)60-44(11,12)13)31-22-21-30(49(16)29-20-18-19-28(23-29)25-46-37(52)57-41(2,3)4)24-32(31)47-36(34)51(38(53)58-42(5,6)7)39(54)59-43(8,9)10/h18-24H,17,25-27H2,1-16H3,(H,46,52). The van der Waals surface area contributed by atoms with Gasteiger partial charge in [0.05, 0.1) is 17.6 Å². The average molecular weight is 849 g/mol. The normalized spacial score (nSPS) is 12.5. The zero-order chi connectivity index (χ0) is 45.9.